The largest absolute Gasteiger partial charge is 0.385 e. The predicted molar refractivity (Wildman–Crippen MR) is 96.3 cm³/mol. The van der Waals surface area contributed by atoms with Gasteiger partial charge in [-0.2, -0.15) is 0 Å². The Hall–Kier alpha value is -2.45. The zero-order valence-corrected chi connectivity index (χ0v) is 15.3. The van der Waals surface area contributed by atoms with E-state index < -0.39 is 29.3 Å². The van der Waals surface area contributed by atoms with E-state index in [1.54, 1.807) is 7.11 Å². The number of carbonyl (C=O) groups is 3. The lowest BCUT2D eigenvalue weighted by molar-refractivity contribution is -0.156. The van der Waals surface area contributed by atoms with Crippen molar-refractivity contribution < 1.29 is 23.9 Å². The Kier molecular flexibility index (Phi) is 4.61. The SMILES string of the molecule is COCCCN1C(=O)NC(=O)C2(Cc3ccccc3N3CCOCC32)C1=O. The molecule has 0 bridgehead atoms. The van der Waals surface area contributed by atoms with Gasteiger partial charge in [-0.15, -0.1) is 0 Å². The van der Waals surface area contributed by atoms with Crippen LogP contribution >= 0.6 is 0 Å². The van der Waals surface area contributed by atoms with Crippen molar-refractivity contribution in [3.63, 3.8) is 0 Å². The maximum atomic E-state index is 13.5. The van der Waals surface area contributed by atoms with Crippen molar-refractivity contribution in [1.29, 1.82) is 0 Å². The van der Waals surface area contributed by atoms with Gasteiger partial charge < -0.3 is 14.4 Å². The number of anilines is 1. The molecule has 3 aliphatic rings. The van der Waals surface area contributed by atoms with E-state index in [0.717, 1.165) is 16.2 Å². The molecule has 3 heterocycles. The van der Waals surface area contributed by atoms with Crippen LogP contribution < -0.4 is 10.2 Å². The quantitative estimate of drug-likeness (QED) is 0.613. The molecule has 3 aliphatic heterocycles. The number of morpholine rings is 1. The highest BCUT2D eigenvalue weighted by molar-refractivity contribution is 6.20. The van der Waals surface area contributed by atoms with Crippen LogP contribution in [0.3, 0.4) is 0 Å². The third-order valence-corrected chi connectivity index (χ3v) is 5.70. The van der Waals surface area contributed by atoms with Gasteiger partial charge in [0.25, 0.3) is 0 Å². The number of benzene rings is 1. The third-order valence-electron chi connectivity index (χ3n) is 5.70. The molecule has 8 heteroatoms. The minimum atomic E-state index is -1.37. The van der Waals surface area contributed by atoms with Gasteiger partial charge in [-0.3, -0.25) is 19.8 Å². The Labute approximate surface area is 157 Å². The molecule has 1 spiro atoms. The van der Waals surface area contributed by atoms with Crippen LogP contribution in [0.1, 0.15) is 12.0 Å². The topological polar surface area (TPSA) is 88.2 Å². The number of para-hydroxylation sites is 1. The highest BCUT2D eigenvalue weighted by Gasteiger charge is 2.62. The van der Waals surface area contributed by atoms with Gasteiger partial charge in [-0.1, -0.05) is 18.2 Å². The molecular weight excluding hydrogens is 350 g/mol. The van der Waals surface area contributed by atoms with Gasteiger partial charge in [-0.25, -0.2) is 4.79 Å². The van der Waals surface area contributed by atoms with Crippen molar-refractivity contribution in [3.05, 3.63) is 29.8 Å². The van der Waals surface area contributed by atoms with Gasteiger partial charge in [0, 0.05) is 32.5 Å². The summed E-state index contributed by atoms with van der Waals surface area (Å²) in [5.74, 6) is -0.974. The lowest BCUT2D eigenvalue weighted by Crippen LogP contribution is -2.74. The van der Waals surface area contributed by atoms with Crippen molar-refractivity contribution >= 4 is 23.5 Å². The number of nitrogens with one attached hydrogen (secondary N) is 1. The Bertz CT molecular complexity index is 782. The number of nitrogens with zero attached hydrogens (tertiary/aromatic N) is 2. The molecular formula is C19H23N3O5. The molecule has 4 rings (SSSR count). The molecule has 2 atom stereocenters. The molecule has 27 heavy (non-hydrogen) atoms. The van der Waals surface area contributed by atoms with E-state index in [1.165, 1.54) is 0 Å². The number of amides is 4. The van der Waals surface area contributed by atoms with Gasteiger partial charge in [-0.05, 0) is 24.5 Å². The molecule has 2 fully saturated rings. The van der Waals surface area contributed by atoms with Crippen molar-refractivity contribution in [2.75, 3.05) is 44.9 Å². The molecule has 8 nitrogen and oxygen atoms in total. The molecule has 2 saturated heterocycles. The van der Waals surface area contributed by atoms with E-state index >= 15 is 0 Å². The first-order valence-corrected chi connectivity index (χ1v) is 9.18. The van der Waals surface area contributed by atoms with Crippen LogP contribution in [0.5, 0.6) is 0 Å². The van der Waals surface area contributed by atoms with E-state index in [0.29, 0.717) is 26.2 Å². The summed E-state index contributed by atoms with van der Waals surface area (Å²) in [5.41, 5.74) is 0.598. The molecule has 0 saturated carbocycles. The Balaban J connectivity index is 1.75. The first-order valence-electron chi connectivity index (χ1n) is 9.18. The number of imide groups is 2. The van der Waals surface area contributed by atoms with Crippen LogP contribution in [-0.2, 0) is 25.5 Å². The summed E-state index contributed by atoms with van der Waals surface area (Å²) in [5, 5.41) is 2.42. The van der Waals surface area contributed by atoms with E-state index in [9.17, 15) is 14.4 Å². The van der Waals surface area contributed by atoms with Gasteiger partial charge >= 0.3 is 6.03 Å². The summed E-state index contributed by atoms with van der Waals surface area (Å²) >= 11 is 0. The highest BCUT2D eigenvalue weighted by atomic mass is 16.5. The molecule has 4 amide bonds. The number of carbonyl (C=O) groups excluding carboxylic acids is 3. The van der Waals surface area contributed by atoms with Crippen LogP contribution in [0.25, 0.3) is 0 Å². The summed E-state index contributed by atoms with van der Waals surface area (Å²) in [6.07, 6.45) is 0.772. The molecule has 1 aromatic carbocycles. The van der Waals surface area contributed by atoms with Gasteiger partial charge in [0.05, 0.1) is 19.3 Å². The summed E-state index contributed by atoms with van der Waals surface area (Å²) in [4.78, 5) is 42.1. The molecule has 0 aliphatic carbocycles. The van der Waals surface area contributed by atoms with Crippen molar-refractivity contribution in [1.82, 2.24) is 10.2 Å². The average molecular weight is 373 g/mol. The normalized spacial score (nSPS) is 27.4. The maximum Gasteiger partial charge on any atom is 0.330 e. The molecule has 0 aromatic heterocycles. The summed E-state index contributed by atoms with van der Waals surface area (Å²) in [6.45, 7) is 2.05. The number of hydrogen-bond donors (Lipinski definition) is 1. The van der Waals surface area contributed by atoms with Crippen LogP contribution in [0.15, 0.2) is 24.3 Å². The van der Waals surface area contributed by atoms with Crippen LogP contribution in [0.2, 0.25) is 0 Å². The first-order chi connectivity index (χ1) is 13.1. The molecule has 144 valence electrons. The Morgan fingerprint density at radius 2 is 2.11 bits per heavy atom. The standard InChI is InChI=1S/C19H23N3O5/c1-26-9-4-7-22-17(24)19(16(23)20-18(22)25)11-13-5-2-3-6-14(13)21-8-10-27-12-15(19)21/h2-3,5-6,15H,4,7-12H2,1H3,(H,20,23,25). The molecule has 0 radical (unpaired) electrons. The highest BCUT2D eigenvalue weighted by Crippen LogP contribution is 2.45. The number of urea groups is 1. The summed E-state index contributed by atoms with van der Waals surface area (Å²) in [7, 11) is 1.57. The van der Waals surface area contributed by atoms with E-state index in [4.69, 9.17) is 9.47 Å². The number of rotatable bonds is 4. The summed E-state index contributed by atoms with van der Waals surface area (Å²) < 4.78 is 10.7. The van der Waals surface area contributed by atoms with Crippen LogP contribution in [0, 0.1) is 5.41 Å². The number of fused-ring (bicyclic) bond motifs is 4. The predicted octanol–water partition coefficient (Wildman–Crippen LogP) is 0.549. The van der Waals surface area contributed by atoms with Gasteiger partial charge in [0.2, 0.25) is 11.8 Å². The van der Waals surface area contributed by atoms with Crippen molar-refractivity contribution in [3.8, 4) is 0 Å². The number of hydrogen-bond acceptors (Lipinski definition) is 6. The minimum Gasteiger partial charge on any atom is -0.385 e. The van der Waals surface area contributed by atoms with Crippen LogP contribution in [-0.4, -0.2) is 68.8 Å². The van der Waals surface area contributed by atoms with E-state index in [1.807, 2.05) is 24.3 Å². The number of barbiturate groups is 1. The molecule has 1 N–H and O–H groups in total. The average Bonchev–Trinajstić information content (AvgIpc) is 2.69. The monoisotopic (exact) mass is 373 g/mol. The fourth-order valence-electron chi connectivity index (χ4n) is 4.39. The zero-order chi connectivity index (χ0) is 19.0. The second-order valence-electron chi connectivity index (χ2n) is 7.12. The zero-order valence-electron chi connectivity index (χ0n) is 15.3. The maximum absolute atomic E-state index is 13.5. The fourth-order valence-corrected chi connectivity index (χ4v) is 4.39. The van der Waals surface area contributed by atoms with Gasteiger partial charge in [0.1, 0.15) is 0 Å². The molecule has 1 aromatic rings. The first kappa shape index (κ1) is 17.9. The van der Waals surface area contributed by atoms with E-state index in [2.05, 4.69) is 10.2 Å². The third kappa shape index (κ3) is 2.71. The fraction of sp³-hybridized carbons (Fsp3) is 0.526. The van der Waals surface area contributed by atoms with E-state index in [-0.39, 0.29) is 19.6 Å². The summed E-state index contributed by atoms with van der Waals surface area (Å²) in [6, 6.07) is 6.70. The number of methoxy groups -OCH3 is 1. The number of ether oxygens (including phenoxy) is 2. The molecule has 2 unspecified atom stereocenters. The Morgan fingerprint density at radius 1 is 1.30 bits per heavy atom. The van der Waals surface area contributed by atoms with Crippen molar-refractivity contribution in [2.45, 2.75) is 18.9 Å². The Morgan fingerprint density at radius 3 is 2.93 bits per heavy atom. The van der Waals surface area contributed by atoms with Crippen molar-refractivity contribution in [2.24, 2.45) is 5.41 Å². The second kappa shape index (κ2) is 6.94. The lowest BCUT2D eigenvalue weighted by atomic mass is 9.68. The van der Waals surface area contributed by atoms with Crippen LogP contribution in [0.4, 0.5) is 10.5 Å². The lowest BCUT2D eigenvalue weighted by Gasteiger charge is -2.53. The smallest absolute Gasteiger partial charge is 0.330 e. The minimum absolute atomic E-state index is 0.211. The second-order valence-corrected chi connectivity index (χ2v) is 7.12. The van der Waals surface area contributed by atoms with Gasteiger partial charge in [0.15, 0.2) is 5.41 Å².